The summed E-state index contributed by atoms with van der Waals surface area (Å²) in [5.41, 5.74) is 9.65. The van der Waals surface area contributed by atoms with Gasteiger partial charge in [0.25, 0.3) is 0 Å². The molecule has 158 valence electrons. The van der Waals surface area contributed by atoms with E-state index in [1.54, 1.807) is 6.26 Å². The van der Waals surface area contributed by atoms with Crippen molar-refractivity contribution in [3.63, 3.8) is 0 Å². The molecule has 0 bridgehead atoms. The van der Waals surface area contributed by atoms with Crippen molar-refractivity contribution in [1.82, 2.24) is 15.3 Å². The van der Waals surface area contributed by atoms with E-state index in [2.05, 4.69) is 49.7 Å². The molecule has 4 N–H and O–H groups in total. The Kier molecular flexibility index (Phi) is 5.42. The van der Waals surface area contributed by atoms with Crippen molar-refractivity contribution in [1.29, 1.82) is 0 Å². The third kappa shape index (κ3) is 3.93. The molecule has 2 fully saturated rings. The number of piperidine rings is 1. The van der Waals surface area contributed by atoms with Crippen molar-refractivity contribution < 1.29 is 4.42 Å². The molecule has 2 saturated heterocycles. The van der Waals surface area contributed by atoms with E-state index in [1.807, 2.05) is 6.07 Å². The molecule has 5 rings (SSSR count). The minimum atomic E-state index is 0.592. The predicted molar refractivity (Wildman–Crippen MR) is 121 cm³/mol. The van der Waals surface area contributed by atoms with Gasteiger partial charge in [0.15, 0.2) is 11.4 Å². The summed E-state index contributed by atoms with van der Waals surface area (Å²) in [7, 11) is 0. The number of fused-ring (bicyclic) bond motifs is 1. The van der Waals surface area contributed by atoms with Gasteiger partial charge in [-0.3, -0.25) is 0 Å². The lowest BCUT2D eigenvalue weighted by Crippen LogP contribution is -2.43. The number of furan rings is 1. The molecule has 0 saturated carbocycles. The lowest BCUT2D eigenvalue weighted by molar-refractivity contribution is 0.412. The number of piperazine rings is 1. The van der Waals surface area contributed by atoms with Crippen molar-refractivity contribution in [2.75, 3.05) is 60.9 Å². The molecule has 1 aromatic carbocycles. The first-order chi connectivity index (χ1) is 14.8. The van der Waals surface area contributed by atoms with Gasteiger partial charge in [-0.1, -0.05) is 0 Å². The van der Waals surface area contributed by atoms with Crippen LogP contribution in [0.3, 0.4) is 0 Å². The maximum absolute atomic E-state index is 5.85. The van der Waals surface area contributed by atoms with Gasteiger partial charge in [-0.2, -0.15) is 4.98 Å². The lowest BCUT2D eigenvalue weighted by atomic mass is 9.97. The van der Waals surface area contributed by atoms with Crippen LogP contribution < -0.4 is 26.2 Å². The smallest absolute Gasteiger partial charge is 0.229 e. The average Bonchev–Trinajstić information content (AvgIpc) is 3.28. The molecule has 0 radical (unpaired) electrons. The Morgan fingerprint density at radius 3 is 2.50 bits per heavy atom. The number of aromatic nitrogens is 2. The van der Waals surface area contributed by atoms with Gasteiger partial charge in [0.05, 0.1) is 6.26 Å². The molecule has 8 nitrogen and oxygen atoms in total. The Labute approximate surface area is 176 Å². The molecule has 3 aromatic rings. The second-order valence-corrected chi connectivity index (χ2v) is 8.08. The molecule has 2 aromatic heterocycles. The largest absolute Gasteiger partial charge is 0.459 e. The van der Waals surface area contributed by atoms with E-state index in [-0.39, 0.29) is 0 Å². The molecular weight excluding hydrogens is 378 g/mol. The number of benzene rings is 1. The molecule has 2 aliphatic heterocycles. The molecule has 0 amide bonds. The van der Waals surface area contributed by atoms with Gasteiger partial charge in [-0.05, 0) is 49.6 Å². The number of nitrogens with two attached hydrogens (primary N) is 1. The van der Waals surface area contributed by atoms with E-state index in [9.17, 15) is 0 Å². The van der Waals surface area contributed by atoms with Crippen molar-refractivity contribution in [2.45, 2.75) is 12.8 Å². The van der Waals surface area contributed by atoms with Gasteiger partial charge in [-0.15, -0.1) is 0 Å². The summed E-state index contributed by atoms with van der Waals surface area (Å²) in [6.07, 6.45) is 3.85. The summed E-state index contributed by atoms with van der Waals surface area (Å²) in [6.45, 7) is 6.77. The Balaban J connectivity index is 1.36. The maximum atomic E-state index is 5.85. The van der Waals surface area contributed by atoms with Gasteiger partial charge < -0.3 is 30.6 Å². The molecule has 8 heteroatoms. The lowest BCUT2D eigenvalue weighted by Gasteiger charge is -2.32. The number of nitrogens with one attached hydrogen (secondary N) is 2. The van der Waals surface area contributed by atoms with Crippen molar-refractivity contribution in [3.05, 3.63) is 36.6 Å². The van der Waals surface area contributed by atoms with E-state index in [4.69, 9.17) is 15.1 Å². The van der Waals surface area contributed by atoms with Gasteiger partial charge >= 0.3 is 0 Å². The number of hydrogen-bond acceptors (Lipinski definition) is 8. The molecule has 2 aliphatic rings. The Morgan fingerprint density at radius 1 is 1.00 bits per heavy atom. The first kappa shape index (κ1) is 19.1. The average molecular weight is 408 g/mol. The summed E-state index contributed by atoms with van der Waals surface area (Å²) >= 11 is 0. The molecule has 0 unspecified atom stereocenters. The highest BCUT2D eigenvalue weighted by Gasteiger charge is 2.23. The topological polar surface area (TPSA) is 95.5 Å². The molecule has 30 heavy (non-hydrogen) atoms. The summed E-state index contributed by atoms with van der Waals surface area (Å²) in [5.74, 6) is 2.05. The molecule has 4 heterocycles. The van der Waals surface area contributed by atoms with Crippen LogP contribution >= 0.6 is 0 Å². The minimum Gasteiger partial charge on any atom is -0.459 e. The van der Waals surface area contributed by atoms with Crippen LogP contribution in [-0.2, 0) is 0 Å². The van der Waals surface area contributed by atoms with Crippen molar-refractivity contribution in [2.24, 2.45) is 11.7 Å². The van der Waals surface area contributed by atoms with E-state index in [1.165, 1.54) is 5.69 Å². The molecule has 0 spiro atoms. The Hall–Kier alpha value is -2.84. The number of hydrogen-bond donors (Lipinski definition) is 3. The normalized spacial score (nSPS) is 18.2. The SMILES string of the molecule is NCC1CCN(c2nc(Nc3ccc(N4CCNCC4)cc3)nc3ccoc23)CC1. The van der Waals surface area contributed by atoms with Crippen LogP contribution in [0.5, 0.6) is 0 Å². The zero-order valence-corrected chi connectivity index (χ0v) is 17.2. The van der Waals surface area contributed by atoms with Crippen LogP contribution in [0, 0.1) is 5.92 Å². The standard InChI is InChI=1S/C22H29N7O/c23-15-16-5-10-29(11-6-16)21-20-19(7-14-30-20)26-22(27-21)25-17-1-3-18(4-2-17)28-12-8-24-9-13-28/h1-4,7,14,16,24H,5-6,8-13,15,23H2,(H,25,26,27). The Morgan fingerprint density at radius 2 is 1.77 bits per heavy atom. The monoisotopic (exact) mass is 407 g/mol. The predicted octanol–water partition coefficient (Wildman–Crippen LogP) is 2.55. The van der Waals surface area contributed by atoms with Crippen LogP contribution in [0.15, 0.2) is 41.0 Å². The van der Waals surface area contributed by atoms with Gasteiger partial charge in [0, 0.05) is 56.7 Å². The van der Waals surface area contributed by atoms with Gasteiger partial charge in [0.2, 0.25) is 5.95 Å². The highest BCUT2D eigenvalue weighted by molar-refractivity contribution is 5.85. The van der Waals surface area contributed by atoms with Gasteiger partial charge in [-0.25, -0.2) is 4.98 Å². The first-order valence-electron chi connectivity index (χ1n) is 10.8. The molecule has 0 aliphatic carbocycles. The highest BCUT2D eigenvalue weighted by atomic mass is 16.3. The second-order valence-electron chi connectivity index (χ2n) is 8.08. The second kappa shape index (κ2) is 8.49. The zero-order valence-electron chi connectivity index (χ0n) is 17.2. The number of nitrogens with zero attached hydrogens (tertiary/aromatic N) is 4. The molecule has 0 atom stereocenters. The third-order valence-corrected chi connectivity index (χ3v) is 6.14. The van der Waals surface area contributed by atoms with Crippen molar-refractivity contribution >= 4 is 34.2 Å². The fourth-order valence-electron chi connectivity index (χ4n) is 4.31. The summed E-state index contributed by atoms with van der Waals surface area (Å²) < 4.78 is 5.71. The fraction of sp³-hybridized carbons (Fsp3) is 0.455. The van der Waals surface area contributed by atoms with Crippen LogP contribution in [-0.4, -0.2) is 55.8 Å². The summed E-state index contributed by atoms with van der Waals surface area (Å²) in [6, 6.07) is 10.4. The quantitative estimate of drug-likeness (QED) is 0.594. The Bertz CT molecular complexity index is 973. The van der Waals surface area contributed by atoms with Gasteiger partial charge in [0.1, 0.15) is 5.52 Å². The summed E-state index contributed by atoms with van der Waals surface area (Å²) in [5, 5.41) is 6.76. The van der Waals surface area contributed by atoms with Crippen LogP contribution in [0.1, 0.15) is 12.8 Å². The van der Waals surface area contributed by atoms with E-state index < -0.39 is 0 Å². The minimum absolute atomic E-state index is 0.592. The van der Waals surface area contributed by atoms with Crippen molar-refractivity contribution in [3.8, 4) is 0 Å². The fourth-order valence-corrected chi connectivity index (χ4v) is 4.31. The number of rotatable bonds is 5. The molecular formula is C22H29N7O. The first-order valence-corrected chi connectivity index (χ1v) is 10.8. The van der Waals surface area contributed by atoms with Crippen LogP contribution in [0.25, 0.3) is 11.1 Å². The van der Waals surface area contributed by atoms with E-state index >= 15 is 0 Å². The summed E-state index contributed by atoms with van der Waals surface area (Å²) in [4.78, 5) is 14.2. The van der Waals surface area contributed by atoms with Crippen LogP contribution in [0.2, 0.25) is 0 Å². The number of anilines is 4. The van der Waals surface area contributed by atoms with E-state index in [0.717, 1.165) is 81.3 Å². The zero-order chi connectivity index (χ0) is 20.3. The highest BCUT2D eigenvalue weighted by Crippen LogP contribution is 2.30. The van der Waals surface area contributed by atoms with Crippen LogP contribution in [0.4, 0.5) is 23.1 Å². The third-order valence-electron chi connectivity index (χ3n) is 6.14. The maximum Gasteiger partial charge on any atom is 0.229 e. The van der Waals surface area contributed by atoms with E-state index in [0.29, 0.717) is 11.9 Å².